The van der Waals surface area contributed by atoms with Crippen LogP contribution in [0.2, 0.25) is 0 Å². The predicted molar refractivity (Wildman–Crippen MR) is 104 cm³/mol. The van der Waals surface area contributed by atoms with Crippen molar-refractivity contribution in [1.82, 2.24) is 15.2 Å². The summed E-state index contributed by atoms with van der Waals surface area (Å²) in [6.07, 6.45) is 3.12. The molecule has 0 aliphatic carbocycles. The molecule has 1 aromatic heterocycles. The second kappa shape index (κ2) is 8.37. The van der Waals surface area contributed by atoms with Gasteiger partial charge in [-0.1, -0.05) is 28.1 Å². The van der Waals surface area contributed by atoms with Crippen molar-refractivity contribution in [2.45, 2.75) is 6.54 Å². The minimum Gasteiger partial charge on any atom is -0.268 e. The Bertz CT molecular complexity index is 998. The second-order valence-corrected chi connectivity index (χ2v) is 6.49. The summed E-state index contributed by atoms with van der Waals surface area (Å²) in [6.45, 7) is 0.540. The normalized spacial score (nSPS) is 10.9. The topological polar surface area (TPSA) is 102 Å². The molecule has 2 aromatic carbocycles. The van der Waals surface area contributed by atoms with E-state index >= 15 is 0 Å². The van der Waals surface area contributed by atoms with Crippen LogP contribution in [0, 0.1) is 10.1 Å². The zero-order chi connectivity index (χ0) is 19.2. The summed E-state index contributed by atoms with van der Waals surface area (Å²) in [5.41, 5.74) is 4.30. The van der Waals surface area contributed by atoms with Crippen LogP contribution in [-0.4, -0.2) is 26.8 Å². The molecule has 136 valence electrons. The van der Waals surface area contributed by atoms with Gasteiger partial charge in [-0.05, 0) is 41.5 Å². The van der Waals surface area contributed by atoms with Gasteiger partial charge in [-0.15, -0.1) is 0 Å². The highest BCUT2D eigenvalue weighted by Crippen LogP contribution is 2.13. The van der Waals surface area contributed by atoms with Gasteiger partial charge in [0.15, 0.2) is 5.69 Å². The fourth-order valence-electron chi connectivity index (χ4n) is 2.30. The van der Waals surface area contributed by atoms with Crippen molar-refractivity contribution in [1.29, 1.82) is 0 Å². The highest BCUT2D eigenvalue weighted by atomic mass is 79.9. The Morgan fingerprint density at radius 1 is 1.26 bits per heavy atom. The largest absolute Gasteiger partial charge is 0.291 e. The van der Waals surface area contributed by atoms with E-state index in [4.69, 9.17) is 0 Å². The third kappa shape index (κ3) is 5.08. The number of hydrazone groups is 1. The Morgan fingerprint density at radius 2 is 2.04 bits per heavy atom. The van der Waals surface area contributed by atoms with E-state index in [1.54, 1.807) is 29.1 Å². The van der Waals surface area contributed by atoms with Crippen LogP contribution in [0.4, 0.5) is 5.69 Å². The van der Waals surface area contributed by atoms with Gasteiger partial charge in [0.1, 0.15) is 0 Å². The number of non-ortho nitro benzene ring substituents is 1. The molecule has 0 aliphatic heterocycles. The van der Waals surface area contributed by atoms with Gasteiger partial charge in [0, 0.05) is 22.8 Å². The van der Waals surface area contributed by atoms with E-state index in [1.807, 2.05) is 24.3 Å². The molecule has 0 unspecified atom stereocenters. The van der Waals surface area contributed by atoms with Gasteiger partial charge in [0.05, 0.1) is 17.7 Å². The molecule has 0 bridgehead atoms. The maximum Gasteiger partial charge on any atom is 0.291 e. The monoisotopic (exact) mass is 427 g/mol. The Labute approximate surface area is 162 Å². The fraction of sp³-hybridized carbons (Fsp3) is 0.0556. The molecule has 9 heteroatoms. The van der Waals surface area contributed by atoms with Crippen molar-refractivity contribution >= 4 is 33.7 Å². The molecule has 0 saturated carbocycles. The molecule has 8 nitrogen and oxygen atoms in total. The van der Waals surface area contributed by atoms with Crippen LogP contribution in [0.25, 0.3) is 0 Å². The van der Waals surface area contributed by atoms with Crippen LogP contribution >= 0.6 is 15.9 Å². The molecule has 1 amide bonds. The lowest BCUT2D eigenvalue weighted by Crippen LogP contribution is -2.18. The molecule has 0 spiro atoms. The molecule has 27 heavy (non-hydrogen) atoms. The van der Waals surface area contributed by atoms with Crippen LogP contribution in [0.15, 0.2) is 70.4 Å². The van der Waals surface area contributed by atoms with Gasteiger partial charge in [0.2, 0.25) is 0 Å². The molecular weight excluding hydrogens is 414 g/mol. The Kier molecular flexibility index (Phi) is 5.72. The number of nitrogens with one attached hydrogen (secondary N) is 1. The average molecular weight is 428 g/mol. The van der Waals surface area contributed by atoms with E-state index in [9.17, 15) is 14.9 Å². The number of benzene rings is 2. The first-order valence-electron chi connectivity index (χ1n) is 7.87. The Morgan fingerprint density at radius 3 is 2.74 bits per heavy atom. The van der Waals surface area contributed by atoms with E-state index in [-0.39, 0.29) is 11.4 Å². The van der Waals surface area contributed by atoms with Crippen LogP contribution in [0.5, 0.6) is 0 Å². The lowest BCUT2D eigenvalue weighted by Gasteiger charge is -2.02. The number of rotatable bonds is 6. The quantitative estimate of drug-likeness (QED) is 0.370. The van der Waals surface area contributed by atoms with Gasteiger partial charge in [-0.2, -0.15) is 10.2 Å². The molecule has 1 N–H and O–H groups in total. The summed E-state index contributed by atoms with van der Waals surface area (Å²) in [5.74, 6) is -0.443. The third-order valence-electron chi connectivity index (χ3n) is 3.59. The molecule has 0 radical (unpaired) electrons. The molecule has 0 atom stereocenters. The zero-order valence-electron chi connectivity index (χ0n) is 13.9. The van der Waals surface area contributed by atoms with Crippen molar-refractivity contribution in [3.05, 3.63) is 92.2 Å². The minimum atomic E-state index is -0.479. The number of nitro groups is 1. The number of hydrogen-bond acceptors (Lipinski definition) is 5. The van der Waals surface area contributed by atoms with E-state index in [2.05, 4.69) is 31.6 Å². The fourth-order valence-corrected chi connectivity index (χ4v) is 2.74. The summed E-state index contributed by atoms with van der Waals surface area (Å²) >= 11 is 3.42. The standard InChI is InChI=1S/C18H14BrN5O3/c19-15-3-1-2-14(10-15)12-23-9-8-17(22-23)18(25)21-20-11-13-4-6-16(7-5-13)24(26)27/h1-11H,12H2,(H,21,25). The summed E-state index contributed by atoms with van der Waals surface area (Å²) in [4.78, 5) is 22.2. The van der Waals surface area contributed by atoms with Gasteiger partial charge < -0.3 is 0 Å². The van der Waals surface area contributed by atoms with Gasteiger partial charge in [-0.25, -0.2) is 5.43 Å². The lowest BCUT2D eigenvalue weighted by atomic mass is 10.2. The molecule has 0 aliphatic rings. The molecule has 0 fully saturated rings. The molecule has 1 heterocycles. The summed E-state index contributed by atoms with van der Waals surface area (Å²) in [7, 11) is 0. The first kappa shape index (κ1) is 18.5. The molecule has 3 aromatic rings. The number of amides is 1. The van der Waals surface area contributed by atoms with E-state index < -0.39 is 10.8 Å². The van der Waals surface area contributed by atoms with Crippen LogP contribution in [0.1, 0.15) is 21.6 Å². The number of halogens is 1. The number of aromatic nitrogens is 2. The number of nitrogens with zero attached hydrogens (tertiary/aromatic N) is 4. The molecule has 0 saturated heterocycles. The third-order valence-corrected chi connectivity index (χ3v) is 4.08. The molecular formula is C18H14BrN5O3. The average Bonchev–Trinajstić information content (AvgIpc) is 3.10. The van der Waals surface area contributed by atoms with Crippen molar-refractivity contribution in [2.24, 2.45) is 5.10 Å². The van der Waals surface area contributed by atoms with Crippen LogP contribution in [0.3, 0.4) is 0 Å². The maximum atomic E-state index is 12.1. The first-order valence-corrected chi connectivity index (χ1v) is 8.66. The summed E-state index contributed by atoms with van der Waals surface area (Å²) < 4.78 is 2.64. The van der Waals surface area contributed by atoms with Crippen molar-refractivity contribution in [3.8, 4) is 0 Å². The first-order chi connectivity index (χ1) is 13.0. The maximum absolute atomic E-state index is 12.1. The van der Waals surface area contributed by atoms with Gasteiger partial charge >= 0.3 is 0 Å². The lowest BCUT2D eigenvalue weighted by molar-refractivity contribution is -0.384. The van der Waals surface area contributed by atoms with Gasteiger partial charge in [0.25, 0.3) is 11.6 Å². The van der Waals surface area contributed by atoms with E-state index in [0.29, 0.717) is 12.1 Å². The summed E-state index contributed by atoms with van der Waals surface area (Å²) in [6, 6.07) is 15.3. The van der Waals surface area contributed by atoms with Crippen molar-refractivity contribution in [3.63, 3.8) is 0 Å². The Hall–Kier alpha value is -3.33. The minimum absolute atomic E-state index is 0.00725. The predicted octanol–water partition coefficient (Wildman–Crippen LogP) is 3.37. The molecule has 3 rings (SSSR count). The smallest absolute Gasteiger partial charge is 0.268 e. The summed E-state index contributed by atoms with van der Waals surface area (Å²) in [5, 5.41) is 18.7. The second-order valence-electron chi connectivity index (χ2n) is 5.58. The zero-order valence-corrected chi connectivity index (χ0v) is 15.5. The van der Waals surface area contributed by atoms with Crippen LogP contribution < -0.4 is 5.43 Å². The van der Waals surface area contributed by atoms with Crippen molar-refractivity contribution in [2.75, 3.05) is 0 Å². The number of carbonyl (C=O) groups is 1. The van der Waals surface area contributed by atoms with Crippen molar-refractivity contribution < 1.29 is 9.72 Å². The number of hydrogen-bond donors (Lipinski definition) is 1. The number of carbonyl (C=O) groups excluding carboxylic acids is 1. The van der Waals surface area contributed by atoms with E-state index in [0.717, 1.165) is 10.0 Å². The highest BCUT2D eigenvalue weighted by molar-refractivity contribution is 9.10. The number of nitro benzene ring substituents is 1. The Balaban J connectivity index is 1.58. The SMILES string of the molecule is O=C(NN=Cc1ccc([N+](=O)[O-])cc1)c1ccn(Cc2cccc(Br)c2)n1. The van der Waals surface area contributed by atoms with Gasteiger partial charge in [-0.3, -0.25) is 19.6 Å². The van der Waals surface area contributed by atoms with E-state index in [1.165, 1.54) is 18.3 Å². The van der Waals surface area contributed by atoms with Crippen LogP contribution in [-0.2, 0) is 6.54 Å². The highest BCUT2D eigenvalue weighted by Gasteiger charge is 2.09.